The predicted octanol–water partition coefficient (Wildman–Crippen LogP) is 5.52. The van der Waals surface area contributed by atoms with E-state index >= 15 is 0 Å². The summed E-state index contributed by atoms with van der Waals surface area (Å²) in [4.78, 5) is 13.0. The fourth-order valence-corrected chi connectivity index (χ4v) is 4.44. The van der Waals surface area contributed by atoms with Gasteiger partial charge in [0.15, 0.2) is 5.78 Å². The van der Waals surface area contributed by atoms with Crippen molar-refractivity contribution in [3.63, 3.8) is 0 Å². The average Bonchev–Trinajstić information content (AvgIpc) is 2.73. The molecule has 1 aliphatic heterocycles. The Bertz CT molecular complexity index is 1080. The monoisotopic (exact) mass is 355 g/mol. The highest BCUT2D eigenvalue weighted by atomic mass is 16.5. The van der Waals surface area contributed by atoms with Gasteiger partial charge < -0.3 is 10.1 Å². The maximum atomic E-state index is 13.0. The molecule has 3 heteroatoms. The Labute approximate surface area is 158 Å². The van der Waals surface area contributed by atoms with E-state index in [9.17, 15) is 4.79 Å². The number of hydrogen-bond acceptors (Lipinski definition) is 3. The quantitative estimate of drug-likeness (QED) is 0.657. The molecule has 0 aromatic heterocycles. The molecule has 0 saturated carbocycles. The van der Waals surface area contributed by atoms with Gasteiger partial charge in [-0.15, -0.1) is 0 Å². The maximum absolute atomic E-state index is 13.0. The van der Waals surface area contributed by atoms with Crippen LogP contribution in [0.2, 0.25) is 0 Å². The molecule has 0 amide bonds. The molecule has 3 nitrogen and oxygen atoms in total. The summed E-state index contributed by atoms with van der Waals surface area (Å²) in [7, 11) is 1.68. The third-order valence-electron chi connectivity index (χ3n) is 5.73. The molecule has 0 saturated heterocycles. The molecule has 0 spiro atoms. The van der Waals surface area contributed by atoms with Crippen LogP contribution in [0.5, 0.6) is 5.75 Å². The average molecular weight is 355 g/mol. The number of carbonyl (C=O) groups excluding carboxylic acids is 1. The van der Waals surface area contributed by atoms with Crippen molar-refractivity contribution in [1.82, 2.24) is 0 Å². The van der Waals surface area contributed by atoms with Gasteiger partial charge in [0.2, 0.25) is 0 Å². The summed E-state index contributed by atoms with van der Waals surface area (Å²) in [6, 6.07) is 20.7. The summed E-state index contributed by atoms with van der Waals surface area (Å²) < 4.78 is 5.30. The van der Waals surface area contributed by atoms with Crippen LogP contribution >= 0.6 is 0 Å². The highest BCUT2D eigenvalue weighted by molar-refractivity contribution is 6.27. The van der Waals surface area contributed by atoms with Crippen molar-refractivity contribution in [1.29, 1.82) is 0 Å². The number of ketones is 1. The van der Waals surface area contributed by atoms with Gasteiger partial charge in [-0.25, -0.2) is 0 Å². The minimum absolute atomic E-state index is 0.0313. The molecule has 0 fully saturated rings. The molecule has 3 aromatic rings. The van der Waals surface area contributed by atoms with Crippen LogP contribution in [0.15, 0.2) is 66.2 Å². The molecule has 0 bridgehead atoms. The molecule has 1 N–H and O–H groups in total. The van der Waals surface area contributed by atoms with Gasteiger partial charge in [-0.05, 0) is 52.9 Å². The van der Waals surface area contributed by atoms with Crippen molar-refractivity contribution in [2.75, 3.05) is 12.4 Å². The van der Waals surface area contributed by atoms with Crippen molar-refractivity contribution in [2.45, 2.75) is 25.3 Å². The molecule has 1 unspecified atom stereocenters. The van der Waals surface area contributed by atoms with Crippen molar-refractivity contribution in [2.24, 2.45) is 0 Å². The van der Waals surface area contributed by atoms with E-state index in [1.807, 2.05) is 24.3 Å². The number of ether oxygens (including phenoxy) is 1. The fraction of sp³-hybridized carbons (Fsp3) is 0.208. The number of allylic oxidation sites excluding steroid dienone is 1. The predicted molar refractivity (Wildman–Crippen MR) is 109 cm³/mol. The molecule has 134 valence electrons. The molecule has 1 aliphatic carbocycles. The topological polar surface area (TPSA) is 38.3 Å². The number of rotatable bonds is 2. The zero-order valence-electron chi connectivity index (χ0n) is 15.3. The van der Waals surface area contributed by atoms with Gasteiger partial charge in [0, 0.05) is 23.2 Å². The second kappa shape index (κ2) is 6.27. The Balaban J connectivity index is 1.74. The lowest BCUT2D eigenvalue weighted by Crippen LogP contribution is -2.25. The summed E-state index contributed by atoms with van der Waals surface area (Å²) in [6.07, 6.45) is 2.51. The molecular formula is C24H21NO2. The fourth-order valence-electron chi connectivity index (χ4n) is 4.44. The first-order valence-electron chi connectivity index (χ1n) is 9.45. The smallest absolute Gasteiger partial charge is 0.163 e. The lowest BCUT2D eigenvalue weighted by atomic mass is 9.77. The van der Waals surface area contributed by atoms with E-state index in [4.69, 9.17) is 4.74 Å². The van der Waals surface area contributed by atoms with Crippen LogP contribution in [0.25, 0.3) is 16.3 Å². The molecule has 27 heavy (non-hydrogen) atoms. The van der Waals surface area contributed by atoms with Crippen LogP contribution in [0, 0.1) is 0 Å². The number of hydrogen-bond donors (Lipinski definition) is 1. The minimum atomic E-state index is 0.0313. The van der Waals surface area contributed by atoms with E-state index in [1.165, 1.54) is 11.0 Å². The summed E-state index contributed by atoms with van der Waals surface area (Å²) >= 11 is 0. The van der Waals surface area contributed by atoms with Crippen molar-refractivity contribution in [3.05, 3.63) is 77.4 Å². The summed E-state index contributed by atoms with van der Waals surface area (Å²) in [5.41, 5.74) is 5.45. The van der Waals surface area contributed by atoms with Crippen molar-refractivity contribution >= 4 is 27.8 Å². The van der Waals surface area contributed by atoms with E-state index in [1.54, 1.807) is 7.11 Å². The Hall–Kier alpha value is -3.07. The SMILES string of the molecule is COc1ccc(C2Nc3ccc4ccccc4c3C3=C2CCCC3=O)cc1. The first kappa shape index (κ1) is 16.1. The van der Waals surface area contributed by atoms with Gasteiger partial charge in [-0.1, -0.05) is 42.5 Å². The third kappa shape index (κ3) is 2.54. The van der Waals surface area contributed by atoms with E-state index in [-0.39, 0.29) is 11.8 Å². The molecule has 5 rings (SSSR count). The normalized spacial score (nSPS) is 18.7. The highest BCUT2D eigenvalue weighted by Gasteiger charge is 2.34. The lowest BCUT2D eigenvalue weighted by molar-refractivity contribution is -0.114. The molecule has 3 aromatic carbocycles. The number of benzene rings is 3. The van der Waals surface area contributed by atoms with Crippen LogP contribution in [0.3, 0.4) is 0 Å². The van der Waals surface area contributed by atoms with Crippen LogP contribution in [-0.4, -0.2) is 12.9 Å². The molecule has 1 heterocycles. The van der Waals surface area contributed by atoms with Gasteiger partial charge in [-0.3, -0.25) is 4.79 Å². The first-order chi connectivity index (χ1) is 13.3. The minimum Gasteiger partial charge on any atom is -0.497 e. The van der Waals surface area contributed by atoms with Gasteiger partial charge in [-0.2, -0.15) is 0 Å². The molecule has 0 radical (unpaired) electrons. The molecule has 2 aliphatic rings. The number of fused-ring (bicyclic) bond motifs is 4. The number of carbonyl (C=O) groups is 1. The largest absolute Gasteiger partial charge is 0.497 e. The Morgan fingerprint density at radius 1 is 0.963 bits per heavy atom. The van der Waals surface area contributed by atoms with Crippen molar-refractivity contribution < 1.29 is 9.53 Å². The second-order valence-corrected chi connectivity index (χ2v) is 7.24. The number of Topliss-reactive ketones (excluding diaryl/α,β-unsaturated/α-hetero) is 1. The number of methoxy groups -OCH3 is 1. The van der Waals surface area contributed by atoms with Gasteiger partial charge in [0.05, 0.1) is 13.2 Å². The Morgan fingerprint density at radius 3 is 2.59 bits per heavy atom. The zero-order valence-corrected chi connectivity index (χ0v) is 15.3. The highest BCUT2D eigenvalue weighted by Crippen LogP contribution is 2.47. The van der Waals surface area contributed by atoms with Crippen LogP contribution in [-0.2, 0) is 4.79 Å². The Kier molecular flexibility index (Phi) is 3.75. The molecular weight excluding hydrogens is 334 g/mol. The van der Waals surface area contributed by atoms with Gasteiger partial charge in [0.1, 0.15) is 5.75 Å². The van der Waals surface area contributed by atoms with Crippen molar-refractivity contribution in [3.8, 4) is 5.75 Å². The van der Waals surface area contributed by atoms with Crippen LogP contribution in [0.1, 0.15) is 36.4 Å². The Morgan fingerprint density at radius 2 is 1.78 bits per heavy atom. The second-order valence-electron chi connectivity index (χ2n) is 7.24. The summed E-state index contributed by atoms with van der Waals surface area (Å²) in [5, 5.41) is 6.04. The third-order valence-corrected chi connectivity index (χ3v) is 5.73. The molecule has 1 atom stereocenters. The van der Waals surface area contributed by atoms with Crippen LogP contribution in [0.4, 0.5) is 5.69 Å². The number of anilines is 1. The van der Waals surface area contributed by atoms with E-state index < -0.39 is 0 Å². The summed E-state index contributed by atoms with van der Waals surface area (Å²) in [6.45, 7) is 0. The van der Waals surface area contributed by atoms with E-state index in [0.717, 1.165) is 46.4 Å². The van der Waals surface area contributed by atoms with E-state index in [0.29, 0.717) is 6.42 Å². The summed E-state index contributed by atoms with van der Waals surface area (Å²) in [5.74, 6) is 1.11. The maximum Gasteiger partial charge on any atom is 0.163 e. The van der Waals surface area contributed by atoms with E-state index in [2.05, 4.69) is 41.7 Å². The van der Waals surface area contributed by atoms with Crippen LogP contribution < -0.4 is 10.1 Å². The van der Waals surface area contributed by atoms with Gasteiger partial charge in [0.25, 0.3) is 0 Å². The zero-order chi connectivity index (χ0) is 18.4. The first-order valence-corrected chi connectivity index (χ1v) is 9.45. The standard InChI is InChI=1S/C24H21NO2/c1-27-17-12-9-16(10-13-17)24-19-7-4-8-21(26)23(19)22-18-6-3-2-5-15(18)11-14-20(22)25-24/h2-3,5-6,9-14,24-25H,4,7-8H2,1H3. The lowest BCUT2D eigenvalue weighted by Gasteiger charge is -2.35. The van der Waals surface area contributed by atoms with Gasteiger partial charge >= 0.3 is 0 Å². The number of nitrogens with one attached hydrogen (secondary N) is 1.